The minimum atomic E-state index is -0.610. The number of hydrogen-bond donors (Lipinski definition) is 3. The SMILES string of the molecule is COC(Cc1ccc2c(=O)[nH]cnc2c1)C(=O)NCC=CCN. The summed E-state index contributed by atoms with van der Waals surface area (Å²) in [6.45, 7) is 0.845. The lowest BCUT2D eigenvalue weighted by atomic mass is 10.1. The largest absolute Gasteiger partial charge is 0.371 e. The van der Waals surface area contributed by atoms with Crippen LogP contribution in [0.25, 0.3) is 10.9 Å². The van der Waals surface area contributed by atoms with Gasteiger partial charge in [-0.25, -0.2) is 4.98 Å². The topological polar surface area (TPSA) is 110 Å². The highest BCUT2D eigenvalue weighted by Crippen LogP contribution is 2.12. The molecular weight excluding hydrogens is 296 g/mol. The molecule has 0 bridgehead atoms. The summed E-state index contributed by atoms with van der Waals surface area (Å²) in [6, 6.07) is 5.29. The molecule has 0 fully saturated rings. The van der Waals surface area contributed by atoms with Crippen LogP contribution in [0.1, 0.15) is 5.56 Å². The van der Waals surface area contributed by atoms with E-state index in [0.717, 1.165) is 5.56 Å². The number of aromatic amines is 1. The van der Waals surface area contributed by atoms with Crippen molar-refractivity contribution in [1.82, 2.24) is 15.3 Å². The van der Waals surface area contributed by atoms with Gasteiger partial charge in [-0.15, -0.1) is 0 Å². The van der Waals surface area contributed by atoms with Crippen LogP contribution in [0.5, 0.6) is 0 Å². The fraction of sp³-hybridized carbons (Fsp3) is 0.312. The zero-order valence-corrected chi connectivity index (χ0v) is 12.9. The Labute approximate surface area is 133 Å². The molecule has 0 aliphatic rings. The van der Waals surface area contributed by atoms with Gasteiger partial charge in [-0.2, -0.15) is 0 Å². The number of nitrogens with two attached hydrogens (primary N) is 1. The summed E-state index contributed by atoms with van der Waals surface area (Å²) in [5, 5.41) is 3.27. The van der Waals surface area contributed by atoms with Crippen molar-refractivity contribution >= 4 is 16.8 Å². The average molecular weight is 316 g/mol. The van der Waals surface area contributed by atoms with Crippen LogP contribution in [0.2, 0.25) is 0 Å². The number of fused-ring (bicyclic) bond motifs is 1. The molecule has 0 aliphatic heterocycles. The molecule has 1 aromatic carbocycles. The number of aromatic nitrogens is 2. The van der Waals surface area contributed by atoms with Crippen molar-refractivity contribution in [3.8, 4) is 0 Å². The summed E-state index contributed by atoms with van der Waals surface area (Å²) >= 11 is 0. The van der Waals surface area contributed by atoms with Gasteiger partial charge in [0, 0.05) is 26.6 Å². The Balaban J connectivity index is 2.07. The molecule has 4 N–H and O–H groups in total. The van der Waals surface area contributed by atoms with Crippen LogP contribution in [0.4, 0.5) is 0 Å². The predicted molar refractivity (Wildman–Crippen MR) is 88.1 cm³/mol. The molecule has 1 atom stereocenters. The van der Waals surface area contributed by atoms with Crippen LogP contribution in [0.3, 0.4) is 0 Å². The van der Waals surface area contributed by atoms with Crippen LogP contribution >= 0.6 is 0 Å². The van der Waals surface area contributed by atoms with Crippen molar-refractivity contribution in [1.29, 1.82) is 0 Å². The van der Waals surface area contributed by atoms with Gasteiger partial charge in [-0.1, -0.05) is 18.2 Å². The molecule has 1 aromatic heterocycles. The van der Waals surface area contributed by atoms with E-state index in [9.17, 15) is 9.59 Å². The molecule has 0 spiro atoms. The molecule has 0 saturated carbocycles. The maximum Gasteiger partial charge on any atom is 0.258 e. The van der Waals surface area contributed by atoms with E-state index < -0.39 is 6.10 Å². The normalized spacial score (nSPS) is 12.6. The third kappa shape index (κ3) is 4.48. The van der Waals surface area contributed by atoms with E-state index in [1.165, 1.54) is 13.4 Å². The molecule has 122 valence electrons. The first kappa shape index (κ1) is 16.9. The Morgan fingerprint density at radius 1 is 1.48 bits per heavy atom. The van der Waals surface area contributed by atoms with E-state index in [1.807, 2.05) is 0 Å². The Hall–Kier alpha value is -2.51. The van der Waals surface area contributed by atoms with E-state index in [0.29, 0.717) is 30.4 Å². The molecule has 2 aromatic rings. The van der Waals surface area contributed by atoms with E-state index in [2.05, 4.69) is 15.3 Å². The van der Waals surface area contributed by atoms with Crippen molar-refractivity contribution in [2.45, 2.75) is 12.5 Å². The highest BCUT2D eigenvalue weighted by atomic mass is 16.5. The van der Waals surface area contributed by atoms with Gasteiger partial charge in [0.1, 0.15) is 6.10 Å². The zero-order chi connectivity index (χ0) is 16.7. The Bertz CT molecular complexity index is 754. The van der Waals surface area contributed by atoms with Gasteiger partial charge in [0.2, 0.25) is 5.91 Å². The van der Waals surface area contributed by atoms with Crippen molar-refractivity contribution in [2.75, 3.05) is 20.2 Å². The molecule has 0 aliphatic carbocycles. The van der Waals surface area contributed by atoms with Gasteiger partial charge < -0.3 is 20.8 Å². The van der Waals surface area contributed by atoms with Gasteiger partial charge in [-0.05, 0) is 17.7 Å². The molecule has 1 heterocycles. The van der Waals surface area contributed by atoms with Crippen LogP contribution in [-0.4, -0.2) is 42.2 Å². The fourth-order valence-corrected chi connectivity index (χ4v) is 2.19. The summed E-state index contributed by atoms with van der Waals surface area (Å²) in [7, 11) is 1.49. The van der Waals surface area contributed by atoms with E-state index in [1.54, 1.807) is 30.4 Å². The highest BCUT2D eigenvalue weighted by Gasteiger charge is 2.18. The first-order chi connectivity index (χ1) is 11.2. The second kappa shape index (κ2) is 8.21. The quantitative estimate of drug-likeness (QED) is 0.628. The number of carbonyl (C=O) groups excluding carboxylic acids is 1. The first-order valence-corrected chi connectivity index (χ1v) is 7.27. The Kier molecular flexibility index (Phi) is 6.02. The first-order valence-electron chi connectivity index (χ1n) is 7.27. The maximum atomic E-state index is 12.1. The number of nitrogens with zero attached hydrogens (tertiary/aromatic N) is 1. The number of nitrogens with one attached hydrogen (secondary N) is 2. The molecule has 7 nitrogen and oxygen atoms in total. The lowest BCUT2D eigenvalue weighted by Gasteiger charge is -2.15. The number of carbonyl (C=O) groups is 1. The van der Waals surface area contributed by atoms with E-state index in [-0.39, 0.29) is 11.5 Å². The van der Waals surface area contributed by atoms with Gasteiger partial charge in [0.15, 0.2) is 0 Å². The molecule has 1 amide bonds. The van der Waals surface area contributed by atoms with Gasteiger partial charge in [0.25, 0.3) is 5.56 Å². The molecule has 7 heteroatoms. The standard InChI is InChI=1S/C16H20N4O3/c1-23-14(16(22)18-7-3-2-6-17)9-11-4-5-12-13(8-11)19-10-20-15(12)21/h2-5,8,10,14H,6-7,9,17H2,1H3,(H,18,22)(H,19,20,21). The van der Waals surface area contributed by atoms with Crippen molar-refractivity contribution in [2.24, 2.45) is 5.73 Å². The smallest absolute Gasteiger partial charge is 0.258 e. The number of benzene rings is 1. The minimum absolute atomic E-state index is 0.186. The number of H-pyrrole nitrogens is 1. The van der Waals surface area contributed by atoms with Crippen molar-refractivity contribution in [3.63, 3.8) is 0 Å². The molecule has 0 saturated heterocycles. The fourth-order valence-electron chi connectivity index (χ4n) is 2.19. The molecular formula is C16H20N4O3. The van der Waals surface area contributed by atoms with Crippen LogP contribution in [0, 0.1) is 0 Å². The Morgan fingerprint density at radius 2 is 2.30 bits per heavy atom. The number of hydrogen-bond acceptors (Lipinski definition) is 5. The minimum Gasteiger partial charge on any atom is -0.371 e. The number of amides is 1. The van der Waals surface area contributed by atoms with Crippen LogP contribution in [-0.2, 0) is 16.0 Å². The molecule has 1 unspecified atom stereocenters. The third-order valence-electron chi connectivity index (χ3n) is 3.40. The lowest BCUT2D eigenvalue weighted by Crippen LogP contribution is -2.37. The molecule has 2 rings (SSSR count). The van der Waals surface area contributed by atoms with Crippen LogP contribution in [0.15, 0.2) is 41.5 Å². The number of ether oxygens (including phenoxy) is 1. The average Bonchev–Trinajstić information content (AvgIpc) is 2.56. The maximum absolute atomic E-state index is 12.1. The van der Waals surface area contributed by atoms with Crippen molar-refractivity contribution in [3.05, 3.63) is 52.6 Å². The highest BCUT2D eigenvalue weighted by molar-refractivity contribution is 5.82. The zero-order valence-electron chi connectivity index (χ0n) is 12.9. The second-order valence-corrected chi connectivity index (χ2v) is 4.96. The summed E-state index contributed by atoms with van der Waals surface area (Å²) in [4.78, 5) is 30.4. The summed E-state index contributed by atoms with van der Waals surface area (Å²) in [5.74, 6) is -0.201. The third-order valence-corrected chi connectivity index (χ3v) is 3.40. The van der Waals surface area contributed by atoms with E-state index >= 15 is 0 Å². The van der Waals surface area contributed by atoms with Crippen LogP contribution < -0.4 is 16.6 Å². The number of rotatable bonds is 7. The Morgan fingerprint density at radius 3 is 3.04 bits per heavy atom. The monoisotopic (exact) mass is 316 g/mol. The molecule has 0 radical (unpaired) electrons. The summed E-state index contributed by atoms with van der Waals surface area (Å²) in [5.41, 5.74) is 6.61. The lowest BCUT2D eigenvalue weighted by molar-refractivity contribution is -0.130. The van der Waals surface area contributed by atoms with Gasteiger partial charge in [-0.3, -0.25) is 9.59 Å². The van der Waals surface area contributed by atoms with Crippen molar-refractivity contribution < 1.29 is 9.53 Å². The second-order valence-electron chi connectivity index (χ2n) is 4.96. The van der Waals surface area contributed by atoms with Gasteiger partial charge >= 0.3 is 0 Å². The predicted octanol–water partition coefficient (Wildman–Crippen LogP) is 0.112. The summed E-state index contributed by atoms with van der Waals surface area (Å²) in [6.07, 6.45) is 4.71. The van der Waals surface area contributed by atoms with Gasteiger partial charge in [0.05, 0.1) is 17.2 Å². The number of methoxy groups -OCH3 is 1. The summed E-state index contributed by atoms with van der Waals surface area (Å²) < 4.78 is 5.26. The van der Waals surface area contributed by atoms with E-state index in [4.69, 9.17) is 10.5 Å². The molecule has 23 heavy (non-hydrogen) atoms.